The van der Waals surface area contributed by atoms with Gasteiger partial charge in [-0.1, -0.05) is 0 Å². The Morgan fingerprint density at radius 1 is 1.27 bits per heavy atom. The molecule has 0 spiro atoms. The van der Waals surface area contributed by atoms with Gasteiger partial charge >= 0.3 is 0 Å². The lowest BCUT2D eigenvalue weighted by molar-refractivity contribution is 0.00986. The van der Waals surface area contributed by atoms with Crippen molar-refractivity contribution >= 4 is 18.5 Å². The first-order chi connectivity index (χ1) is 14.3. The lowest BCUT2D eigenvalue weighted by atomic mass is 9.94. The van der Waals surface area contributed by atoms with Gasteiger partial charge < -0.3 is 23.5 Å². The third-order valence-corrected chi connectivity index (χ3v) is 5.41. The van der Waals surface area contributed by atoms with Crippen LogP contribution in [0.5, 0.6) is 11.6 Å². The van der Waals surface area contributed by atoms with Crippen LogP contribution in [-0.2, 0) is 22.4 Å². The van der Waals surface area contributed by atoms with Gasteiger partial charge in [0.1, 0.15) is 31.8 Å². The van der Waals surface area contributed by atoms with E-state index in [2.05, 4.69) is 36.0 Å². The molecule has 2 unspecified atom stereocenters. The largest absolute Gasteiger partial charge is 0.492 e. The molecule has 0 amide bonds. The molecule has 2 atom stereocenters. The summed E-state index contributed by atoms with van der Waals surface area (Å²) in [5, 5.41) is 0. The van der Waals surface area contributed by atoms with E-state index in [1.165, 1.54) is 11.8 Å². The van der Waals surface area contributed by atoms with Crippen molar-refractivity contribution in [1.82, 2.24) is 4.57 Å². The van der Waals surface area contributed by atoms with Gasteiger partial charge in [-0.15, -0.1) is 18.5 Å². The molecule has 2 aromatic rings. The van der Waals surface area contributed by atoms with Gasteiger partial charge in [0.05, 0.1) is 12.3 Å². The van der Waals surface area contributed by atoms with E-state index in [0.717, 1.165) is 23.4 Å². The number of aryl methyl sites for hydroxylation is 1. The van der Waals surface area contributed by atoms with E-state index in [0.29, 0.717) is 50.2 Å². The lowest BCUT2D eigenvalue weighted by Crippen LogP contribution is -2.22. The van der Waals surface area contributed by atoms with Crippen LogP contribution >= 0.6 is 18.5 Å². The monoisotopic (exact) mass is 447 g/mol. The fraction of sp³-hybridized carbons (Fsp3) is 0.409. The van der Waals surface area contributed by atoms with Crippen molar-refractivity contribution in [2.45, 2.75) is 31.7 Å². The van der Waals surface area contributed by atoms with Gasteiger partial charge in [0.2, 0.25) is 5.88 Å². The van der Waals surface area contributed by atoms with Crippen LogP contribution < -0.4 is 14.9 Å². The fourth-order valence-corrected chi connectivity index (χ4v) is 3.77. The zero-order valence-electron chi connectivity index (χ0n) is 17.3. The van der Waals surface area contributed by atoms with Crippen molar-refractivity contribution in [1.29, 1.82) is 0 Å². The van der Waals surface area contributed by atoms with E-state index < -0.39 is 0 Å². The SMILES string of the molecule is Cc1c2n(c(O/C=C3\COCCO3)cc1=O)CCc1cc(OCC(C)(P)P)ccc1-2. The Morgan fingerprint density at radius 2 is 2.10 bits per heavy atom. The number of nitrogens with zero attached hydrogens (tertiary/aromatic N) is 1. The molecule has 0 N–H and O–H groups in total. The van der Waals surface area contributed by atoms with Gasteiger partial charge in [-0.25, -0.2) is 0 Å². The molecule has 1 aromatic heterocycles. The summed E-state index contributed by atoms with van der Waals surface area (Å²) in [6.07, 6.45) is 2.36. The molecule has 3 heterocycles. The Hall–Kier alpha value is -1.87. The number of fused-ring (bicyclic) bond motifs is 3. The minimum atomic E-state index is -0.0692. The second-order valence-corrected chi connectivity index (χ2v) is 11.2. The Balaban J connectivity index is 1.67. The maximum atomic E-state index is 12.7. The first kappa shape index (κ1) is 21.4. The number of rotatable bonds is 5. The zero-order chi connectivity index (χ0) is 21.3. The third-order valence-electron chi connectivity index (χ3n) is 5.07. The Labute approximate surface area is 181 Å². The summed E-state index contributed by atoms with van der Waals surface area (Å²) < 4.78 is 24.7. The number of hydrogen-bond donors (Lipinski definition) is 0. The molecule has 0 saturated carbocycles. The topological polar surface area (TPSA) is 58.9 Å². The molecule has 6 nitrogen and oxygen atoms in total. The number of hydrogen-bond acceptors (Lipinski definition) is 5. The van der Waals surface area contributed by atoms with Crippen LogP contribution in [0.2, 0.25) is 0 Å². The highest BCUT2D eigenvalue weighted by atomic mass is 31.1. The predicted octanol–water partition coefficient (Wildman–Crippen LogP) is 3.49. The van der Waals surface area contributed by atoms with Gasteiger partial charge in [0.15, 0.2) is 11.2 Å². The molecular formula is C22H27NO5P2. The van der Waals surface area contributed by atoms with Crippen LogP contribution in [0.25, 0.3) is 11.3 Å². The first-order valence-corrected chi connectivity index (χ1v) is 11.1. The average Bonchev–Trinajstić information content (AvgIpc) is 2.73. The second-order valence-electron chi connectivity index (χ2n) is 7.94. The summed E-state index contributed by atoms with van der Waals surface area (Å²) in [5.41, 5.74) is 3.77. The Kier molecular flexibility index (Phi) is 6.20. The summed E-state index contributed by atoms with van der Waals surface area (Å²) in [7, 11) is 5.52. The maximum absolute atomic E-state index is 12.7. The Bertz CT molecular complexity index is 1030. The lowest BCUT2D eigenvalue weighted by Gasteiger charge is -2.27. The van der Waals surface area contributed by atoms with Gasteiger partial charge in [-0.05, 0) is 44.0 Å². The molecule has 30 heavy (non-hydrogen) atoms. The summed E-state index contributed by atoms with van der Waals surface area (Å²) in [4.78, 5) is 12.6. The van der Waals surface area contributed by atoms with Crippen molar-refractivity contribution in [3.8, 4) is 22.9 Å². The zero-order valence-corrected chi connectivity index (χ0v) is 19.6. The van der Waals surface area contributed by atoms with E-state index in [9.17, 15) is 4.79 Å². The van der Waals surface area contributed by atoms with Gasteiger partial charge in [-0.2, -0.15) is 0 Å². The van der Waals surface area contributed by atoms with Crippen molar-refractivity contribution in [2.75, 3.05) is 26.4 Å². The van der Waals surface area contributed by atoms with E-state index in [4.69, 9.17) is 18.9 Å². The van der Waals surface area contributed by atoms with E-state index in [1.54, 1.807) is 6.07 Å². The van der Waals surface area contributed by atoms with E-state index >= 15 is 0 Å². The molecule has 1 aromatic carbocycles. The highest BCUT2D eigenvalue weighted by Gasteiger charge is 2.23. The van der Waals surface area contributed by atoms with Crippen LogP contribution in [0.15, 0.2) is 41.1 Å². The normalized spacial score (nSPS) is 17.1. The molecule has 0 aliphatic carbocycles. The second kappa shape index (κ2) is 8.70. The number of benzene rings is 1. The molecule has 2 aliphatic heterocycles. The van der Waals surface area contributed by atoms with Gasteiger partial charge in [0, 0.05) is 28.6 Å². The molecule has 8 heteroatoms. The standard InChI is InChI=1S/C22H27NO5P2/c1-14-19(24)10-20(27-12-17-11-25-7-8-26-17)23-6-5-15-9-16(28-13-22(2,29)30)3-4-18(15)21(14)23/h3-4,9-10,12H,5-8,11,13,29-30H2,1-2H3/b17-12+. The highest BCUT2D eigenvalue weighted by molar-refractivity contribution is 7.39. The van der Waals surface area contributed by atoms with Crippen molar-refractivity contribution < 1.29 is 18.9 Å². The van der Waals surface area contributed by atoms with Crippen LogP contribution in [0, 0.1) is 6.92 Å². The fourth-order valence-electron chi connectivity index (χ4n) is 3.60. The van der Waals surface area contributed by atoms with E-state index in [-0.39, 0.29) is 10.3 Å². The Morgan fingerprint density at radius 3 is 2.83 bits per heavy atom. The van der Waals surface area contributed by atoms with Crippen LogP contribution in [-0.4, -0.2) is 35.9 Å². The van der Waals surface area contributed by atoms with Crippen molar-refractivity contribution in [3.63, 3.8) is 0 Å². The van der Waals surface area contributed by atoms with Crippen LogP contribution in [0.3, 0.4) is 0 Å². The summed E-state index contributed by atoms with van der Waals surface area (Å²) in [6.45, 7) is 6.69. The average molecular weight is 447 g/mol. The number of ether oxygens (including phenoxy) is 4. The first-order valence-electron chi connectivity index (χ1n) is 9.96. The van der Waals surface area contributed by atoms with Crippen LogP contribution in [0.4, 0.5) is 0 Å². The van der Waals surface area contributed by atoms with Crippen molar-refractivity contribution in [3.05, 3.63) is 57.6 Å². The smallest absolute Gasteiger partial charge is 0.203 e. The van der Waals surface area contributed by atoms with Crippen molar-refractivity contribution in [2.24, 2.45) is 0 Å². The molecule has 0 radical (unpaired) electrons. The summed E-state index contributed by atoms with van der Waals surface area (Å²) in [5.74, 6) is 1.97. The minimum absolute atomic E-state index is 0.0505. The van der Waals surface area contributed by atoms with E-state index in [1.807, 2.05) is 19.1 Å². The molecular weight excluding hydrogens is 420 g/mol. The minimum Gasteiger partial charge on any atom is -0.492 e. The predicted molar refractivity (Wildman–Crippen MR) is 123 cm³/mol. The number of pyridine rings is 1. The highest BCUT2D eigenvalue weighted by Crippen LogP contribution is 2.36. The summed E-state index contributed by atoms with van der Waals surface area (Å²) >= 11 is 0. The van der Waals surface area contributed by atoms with Crippen LogP contribution in [0.1, 0.15) is 18.1 Å². The summed E-state index contributed by atoms with van der Waals surface area (Å²) in [6, 6.07) is 7.61. The molecule has 160 valence electrons. The molecule has 0 bridgehead atoms. The molecule has 1 fully saturated rings. The molecule has 2 aliphatic rings. The van der Waals surface area contributed by atoms with Gasteiger partial charge in [0.25, 0.3) is 0 Å². The quantitative estimate of drug-likeness (QED) is 0.519. The third kappa shape index (κ3) is 4.72. The number of aromatic nitrogens is 1. The van der Waals surface area contributed by atoms with Gasteiger partial charge in [-0.3, -0.25) is 4.79 Å². The molecule has 4 rings (SSSR count). The molecule has 1 saturated heterocycles. The maximum Gasteiger partial charge on any atom is 0.203 e.